The molecule has 0 radical (unpaired) electrons. The molecule has 3 rings (SSSR count). The summed E-state index contributed by atoms with van der Waals surface area (Å²) in [6.07, 6.45) is 0. The minimum atomic E-state index is -0.646. The SMILES string of the molecule is COCc1c(OC)c(OC)c(OC)c2c(-c3ccc(OC)c(OC)c3)c(C(=O)OC)cc(O)c12. The molecule has 0 saturated heterocycles. The van der Waals surface area contributed by atoms with E-state index in [4.69, 9.17) is 33.2 Å². The Kier molecular flexibility index (Phi) is 7.57. The second kappa shape index (κ2) is 10.4. The molecular weight excluding hydrogens is 444 g/mol. The fourth-order valence-electron chi connectivity index (χ4n) is 4.11. The van der Waals surface area contributed by atoms with Crippen molar-refractivity contribution in [2.45, 2.75) is 6.61 Å². The van der Waals surface area contributed by atoms with E-state index < -0.39 is 5.97 Å². The quantitative estimate of drug-likeness (QED) is 0.459. The average molecular weight is 472 g/mol. The van der Waals surface area contributed by atoms with E-state index in [2.05, 4.69) is 0 Å². The lowest BCUT2D eigenvalue weighted by atomic mass is 9.89. The summed E-state index contributed by atoms with van der Waals surface area (Å²) < 4.78 is 38.3. The largest absolute Gasteiger partial charge is 0.507 e. The van der Waals surface area contributed by atoms with Gasteiger partial charge in [-0.05, 0) is 23.8 Å². The number of carbonyl (C=O) groups is 1. The van der Waals surface area contributed by atoms with Crippen molar-refractivity contribution in [1.29, 1.82) is 0 Å². The van der Waals surface area contributed by atoms with Gasteiger partial charge in [0.15, 0.2) is 23.0 Å². The molecule has 0 aliphatic carbocycles. The summed E-state index contributed by atoms with van der Waals surface area (Å²) in [6, 6.07) is 6.57. The Hall–Kier alpha value is -3.85. The number of phenols is 1. The molecule has 9 nitrogen and oxygen atoms in total. The smallest absolute Gasteiger partial charge is 0.338 e. The van der Waals surface area contributed by atoms with Gasteiger partial charge >= 0.3 is 5.97 Å². The zero-order valence-electron chi connectivity index (χ0n) is 20.2. The number of aromatic hydroxyl groups is 1. The van der Waals surface area contributed by atoms with Crippen LogP contribution in [0.25, 0.3) is 21.9 Å². The Morgan fingerprint density at radius 2 is 1.41 bits per heavy atom. The van der Waals surface area contributed by atoms with E-state index in [-0.39, 0.29) is 29.4 Å². The van der Waals surface area contributed by atoms with Crippen LogP contribution in [0.5, 0.6) is 34.5 Å². The zero-order chi connectivity index (χ0) is 25.0. The average Bonchev–Trinajstić information content (AvgIpc) is 2.86. The molecular formula is C25H28O9. The van der Waals surface area contributed by atoms with E-state index in [1.165, 1.54) is 55.8 Å². The molecule has 182 valence electrons. The van der Waals surface area contributed by atoms with Crippen LogP contribution in [0, 0.1) is 0 Å². The zero-order valence-corrected chi connectivity index (χ0v) is 20.2. The van der Waals surface area contributed by atoms with E-state index in [0.29, 0.717) is 44.7 Å². The highest BCUT2D eigenvalue weighted by atomic mass is 16.5. The van der Waals surface area contributed by atoms with Crippen LogP contribution in [-0.2, 0) is 16.1 Å². The molecule has 0 aromatic heterocycles. The third-order valence-electron chi connectivity index (χ3n) is 5.50. The van der Waals surface area contributed by atoms with Crippen molar-refractivity contribution in [1.82, 2.24) is 0 Å². The lowest BCUT2D eigenvalue weighted by Gasteiger charge is -2.23. The Balaban J connectivity index is 2.65. The summed E-state index contributed by atoms with van der Waals surface area (Å²) in [4.78, 5) is 12.9. The number of hydrogen-bond donors (Lipinski definition) is 1. The molecule has 0 atom stereocenters. The summed E-state index contributed by atoms with van der Waals surface area (Å²) in [5, 5.41) is 11.9. The standard InChI is InChI=1S/C25H28O9/c1-28-12-15-20-16(26)11-14(25(27)34-7)19(13-8-9-17(29-2)18(10-13)30-3)21(20)23(32-5)24(33-6)22(15)31-4/h8-11,26H,12H2,1-7H3. The third kappa shape index (κ3) is 3.99. The van der Waals surface area contributed by atoms with Crippen LogP contribution in [0.1, 0.15) is 15.9 Å². The maximum absolute atomic E-state index is 12.9. The second-order valence-electron chi connectivity index (χ2n) is 7.14. The first kappa shape index (κ1) is 24.8. The van der Waals surface area contributed by atoms with E-state index in [1.807, 2.05) is 0 Å². The molecule has 3 aromatic rings. The van der Waals surface area contributed by atoms with Crippen molar-refractivity contribution in [2.24, 2.45) is 0 Å². The molecule has 3 aromatic carbocycles. The van der Waals surface area contributed by atoms with Crippen LogP contribution in [0.3, 0.4) is 0 Å². The van der Waals surface area contributed by atoms with Crippen molar-refractivity contribution in [3.63, 3.8) is 0 Å². The van der Waals surface area contributed by atoms with Crippen LogP contribution < -0.4 is 23.7 Å². The van der Waals surface area contributed by atoms with E-state index in [9.17, 15) is 9.90 Å². The predicted octanol–water partition coefficient (Wildman–Crippen LogP) is 4.19. The van der Waals surface area contributed by atoms with Crippen molar-refractivity contribution in [2.75, 3.05) is 49.8 Å². The topological polar surface area (TPSA) is 102 Å². The fourth-order valence-corrected chi connectivity index (χ4v) is 4.11. The van der Waals surface area contributed by atoms with Crippen molar-refractivity contribution in [3.8, 4) is 45.6 Å². The minimum absolute atomic E-state index is 0.0938. The number of phenolic OH excluding ortho intramolecular Hbond substituents is 1. The highest BCUT2D eigenvalue weighted by Gasteiger charge is 2.30. The van der Waals surface area contributed by atoms with Crippen molar-refractivity contribution in [3.05, 3.63) is 35.4 Å². The predicted molar refractivity (Wildman–Crippen MR) is 126 cm³/mol. The highest BCUT2D eigenvalue weighted by molar-refractivity contribution is 6.15. The lowest BCUT2D eigenvalue weighted by molar-refractivity contribution is 0.0601. The van der Waals surface area contributed by atoms with E-state index in [0.717, 1.165) is 0 Å². The Morgan fingerprint density at radius 3 is 1.94 bits per heavy atom. The fraction of sp³-hybridized carbons (Fsp3) is 0.320. The lowest BCUT2D eigenvalue weighted by Crippen LogP contribution is -2.08. The molecule has 0 unspecified atom stereocenters. The molecule has 0 heterocycles. The van der Waals surface area contributed by atoms with Crippen LogP contribution >= 0.6 is 0 Å². The van der Waals surface area contributed by atoms with Gasteiger partial charge in [-0.3, -0.25) is 0 Å². The number of rotatable bonds is 9. The van der Waals surface area contributed by atoms with E-state index in [1.54, 1.807) is 18.2 Å². The van der Waals surface area contributed by atoms with Crippen LogP contribution in [0.4, 0.5) is 0 Å². The molecule has 0 aliphatic rings. The molecule has 0 aliphatic heterocycles. The number of ether oxygens (including phenoxy) is 7. The third-order valence-corrected chi connectivity index (χ3v) is 5.50. The molecule has 34 heavy (non-hydrogen) atoms. The summed E-state index contributed by atoms with van der Waals surface area (Å²) in [7, 11) is 10.3. The van der Waals surface area contributed by atoms with E-state index >= 15 is 0 Å². The molecule has 1 N–H and O–H groups in total. The molecule has 0 saturated carbocycles. The van der Waals surface area contributed by atoms with Gasteiger partial charge in [0, 0.05) is 29.0 Å². The number of carbonyl (C=O) groups excluding carboxylic acids is 1. The summed E-state index contributed by atoms with van der Waals surface area (Å²) in [6.45, 7) is 0.0938. The van der Waals surface area contributed by atoms with Crippen LogP contribution in [0.15, 0.2) is 24.3 Å². The maximum Gasteiger partial charge on any atom is 0.338 e. The van der Waals surface area contributed by atoms with Gasteiger partial charge in [-0.1, -0.05) is 6.07 Å². The monoisotopic (exact) mass is 472 g/mol. The van der Waals surface area contributed by atoms with Gasteiger partial charge in [0.1, 0.15) is 5.75 Å². The van der Waals surface area contributed by atoms with Gasteiger partial charge in [0.2, 0.25) is 5.75 Å². The van der Waals surface area contributed by atoms with Gasteiger partial charge in [-0.15, -0.1) is 0 Å². The molecule has 0 spiro atoms. The molecule has 0 amide bonds. The maximum atomic E-state index is 12.9. The first-order valence-electron chi connectivity index (χ1n) is 10.2. The van der Waals surface area contributed by atoms with Gasteiger partial charge in [0.25, 0.3) is 0 Å². The molecule has 0 bridgehead atoms. The number of benzene rings is 3. The van der Waals surface area contributed by atoms with Crippen molar-refractivity contribution < 1.29 is 43.1 Å². The molecule has 0 fully saturated rings. The minimum Gasteiger partial charge on any atom is -0.507 e. The van der Waals surface area contributed by atoms with Gasteiger partial charge in [-0.2, -0.15) is 0 Å². The van der Waals surface area contributed by atoms with Gasteiger partial charge in [0.05, 0.1) is 54.8 Å². The number of methoxy groups -OCH3 is 7. The Morgan fingerprint density at radius 1 is 0.765 bits per heavy atom. The first-order valence-corrected chi connectivity index (χ1v) is 10.2. The first-order chi connectivity index (χ1) is 16.4. The summed E-state index contributed by atoms with van der Waals surface area (Å²) in [5.41, 5.74) is 1.68. The molecule has 9 heteroatoms. The second-order valence-corrected chi connectivity index (χ2v) is 7.14. The number of esters is 1. The van der Waals surface area contributed by atoms with Crippen LogP contribution in [-0.4, -0.2) is 60.8 Å². The number of fused-ring (bicyclic) bond motifs is 1. The highest BCUT2D eigenvalue weighted by Crippen LogP contribution is 2.53. The summed E-state index contributed by atoms with van der Waals surface area (Å²) in [5.74, 6) is 1.03. The number of hydrogen-bond acceptors (Lipinski definition) is 9. The normalized spacial score (nSPS) is 10.7. The summed E-state index contributed by atoms with van der Waals surface area (Å²) >= 11 is 0. The van der Waals surface area contributed by atoms with Crippen molar-refractivity contribution >= 4 is 16.7 Å². The van der Waals surface area contributed by atoms with Gasteiger partial charge < -0.3 is 38.3 Å². The van der Waals surface area contributed by atoms with Crippen LogP contribution in [0.2, 0.25) is 0 Å². The van der Waals surface area contributed by atoms with Gasteiger partial charge in [-0.25, -0.2) is 4.79 Å². The Bertz CT molecular complexity index is 1220. The Labute approximate surface area is 197 Å².